The zero-order valence-electron chi connectivity index (χ0n) is 15.3. The lowest BCUT2D eigenvalue weighted by Crippen LogP contribution is -2.46. The molecule has 2 N–H and O–H groups in total. The zero-order chi connectivity index (χ0) is 18.9. The summed E-state index contributed by atoms with van der Waals surface area (Å²) in [6.07, 6.45) is 3.53. The zero-order valence-corrected chi connectivity index (χ0v) is 16.1. The molecule has 1 saturated heterocycles. The molecule has 1 amide bonds. The summed E-state index contributed by atoms with van der Waals surface area (Å²) < 4.78 is 5.41. The van der Waals surface area contributed by atoms with Gasteiger partial charge in [0.15, 0.2) is 0 Å². The van der Waals surface area contributed by atoms with Gasteiger partial charge in [0.1, 0.15) is 6.61 Å². The molecule has 0 bridgehead atoms. The Labute approximate surface area is 165 Å². The molecule has 0 aromatic heterocycles. The minimum atomic E-state index is -0.197. The maximum Gasteiger partial charge on any atom is 0.410 e. The molecule has 1 heterocycles. The van der Waals surface area contributed by atoms with E-state index in [0.29, 0.717) is 13.2 Å². The van der Waals surface area contributed by atoms with Gasteiger partial charge in [-0.2, -0.15) is 0 Å². The molecule has 0 spiro atoms. The van der Waals surface area contributed by atoms with Gasteiger partial charge in [-0.1, -0.05) is 54.1 Å². The Kier molecular flexibility index (Phi) is 5.11. The number of carbonyl (C=O) groups excluding carboxylic acids is 1. The molecule has 2 aromatic rings. The summed E-state index contributed by atoms with van der Waals surface area (Å²) in [5.41, 5.74) is 8.50. The third kappa shape index (κ3) is 3.44. The van der Waals surface area contributed by atoms with Crippen molar-refractivity contribution in [3.63, 3.8) is 0 Å². The predicted molar refractivity (Wildman–Crippen MR) is 107 cm³/mol. The van der Waals surface area contributed by atoms with Crippen LogP contribution in [0.2, 0.25) is 5.02 Å². The lowest BCUT2D eigenvalue weighted by Gasteiger charge is -2.43. The molecular weight excluding hydrogens is 360 g/mol. The number of ether oxygens (including phenoxy) is 1. The number of hydrogen-bond acceptors (Lipinski definition) is 3. The number of rotatable bonds is 4. The number of nitrogens with zero attached hydrogens (tertiary/aromatic N) is 1. The maximum absolute atomic E-state index is 12.5. The second-order valence-corrected chi connectivity index (χ2v) is 8.07. The molecule has 2 aromatic carbocycles. The summed E-state index contributed by atoms with van der Waals surface area (Å²) in [6.45, 7) is 1.02. The SMILES string of the molecule is NCC1(c2cccc(Cl)c2)CCC(N2C(=O)OCC2c2ccccc2)CC1. The molecule has 2 aliphatic rings. The summed E-state index contributed by atoms with van der Waals surface area (Å²) in [7, 11) is 0. The Bertz CT molecular complexity index is 803. The van der Waals surface area contributed by atoms with Crippen LogP contribution in [0.15, 0.2) is 54.6 Å². The van der Waals surface area contributed by atoms with Gasteiger partial charge in [0.25, 0.3) is 0 Å². The average Bonchev–Trinajstić information content (AvgIpc) is 3.10. The van der Waals surface area contributed by atoms with Crippen molar-refractivity contribution in [1.29, 1.82) is 0 Å². The molecule has 1 unspecified atom stereocenters. The van der Waals surface area contributed by atoms with Gasteiger partial charge in [0.05, 0.1) is 6.04 Å². The number of carbonyl (C=O) groups is 1. The van der Waals surface area contributed by atoms with Crippen LogP contribution in [0.4, 0.5) is 4.79 Å². The topological polar surface area (TPSA) is 55.6 Å². The fourth-order valence-corrected chi connectivity index (χ4v) is 4.82. The van der Waals surface area contributed by atoms with Gasteiger partial charge in [-0.15, -0.1) is 0 Å². The quantitative estimate of drug-likeness (QED) is 0.833. The number of halogens is 1. The van der Waals surface area contributed by atoms with Crippen molar-refractivity contribution in [3.8, 4) is 0 Å². The molecule has 1 aliphatic carbocycles. The Balaban J connectivity index is 1.53. The molecule has 1 atom stereocenters. The van der Waals surface area contributed by atoms with Crippen molar-refractivity contribution in [3.05, 3.63) is 70.7 Å². The van der Waals surface area contributed by atoms with Crippen molar-refractivity contribution >= 4 is 17.7 Å². The van der Waals surface area contributed by atoms with Crippen molar-refractivity contribution in [1.82, 2.24) is 4.90 Å². The molecule has 1 saturated carbocycles. The van der Waals surface area contributed by atoms with Gasteiger partial charge in [-0.25, -0.2) is 4.79 Å². The van der Waals surface area contributed by atoms with E-state index in [4.69, 9.17) is 22.1 Å². The van der Waals surface area contributed by atoms with E-state index in [-0.39, 0.29) is 23.6 Å². The molecule has 142 valence electrons. The Hall–Kier alpha value is -2.04. The van der Waals surface area contributed by atoms with Crippen LogP contribution < -0.4 is 5.73 Å². The van der Waals surface area contributed by atoms with E-state index in [9.17, 15) is 4.79 Å². The highest BCUT2D eigenvalue weighted by Gasteiger charge is 2.44. The van der Waals surface area contributed by atoms with E-state index in [1.165, 1.54) is 5.56 Å². The van der Waals surface area contributed by atoms with E-state index in [1.807, 2.05) is 41.3 Å². The fraction of sp³-hybridized carbons (Fsp3) is 0.409. The number of benzene rings is 2. The van der Waals surface area contributed by atoms with Crippen LogP contribution in [0.3, 0.4) is 0 Å². The highest BCUT2D eigenvalue weighted by atomic mass is 35.5. The van der Waals surface area contributed by atoms with Crippen molar-refractivity contribution in [2.45, 2.75) is 43.2 Å². The lowest BCUT2D eigenvalue weighted by molar-refractivity contribution is 0.117. The molecule has 4 rings (SSSR count). The van der Waals surface area contributed by atoms with Gasteiger partial charge in [-0.3, -0.25) is 4.90 Å². The van der Waals surface area contributed by atoms with Gasteiger partial charge < -0.3 is 10.5 Å². The third-order valence-corrected chi connectivity index (χ3v) is 6.46. The molecule has 1 aliphatic heterocycles. The van der Waals surface area contributed by atoms with Crippen molar-refractivity contribution < 1.29 is 9.53 Å². The van der Waals surface area contributed by atoms with Gasteiger partial charge in [0.2, 0.25) is 0 Å². The predicted octanol–water partition coefficient (Wildman–Crippen LogP) is 4.67. The van der Waals surface area contributed by atoms with E-state index >= 15 is 0 Å². The summed E-state index contributed by atoms with van der Waals surface area (Å²) in [4.78, 5) is 14.4. The Morgan fingerprint density at radius 1 is 1.11 bits per heavy atom. The van der Waals surface area contributed by atoms with Crippen molar-refractivity contribution in [2.24, 2.45) is 5.73 Å². The second-order valence-electron chi connectivity index (χ2n) is 7.64. The first-order valence-corrected chi connectivity index (χ1v) is 9.97. The minimum Gasteiger partial charge on any atom is -0.447 e. The first-order valence-electron chi connectivity index (χ1n) is 9.59. The minimum absolute atomic E-state index is 0.000228. The van der Waals surface area contributed by atoms with Crippen LogP contribution in [0.25, 0.3) is 0 Å². The maximum atomic E-state index is 12.5. The van der Waals surface area contributed by atoms with E-state index in [1.54, 1.807) is 0 Å². The lowest BCUT2D eigenvalue weighted by atomic mass is 9.68. The first kappa shape index (κ1) is 18.3. The summed E-state index contributed by atoms with van der Waals surface area (Å²) in [6, 6.07) is 18.4. The molecule has 4 nitrogen and oxygen atoms in total. The van der Waals surface area contributed by atoms with Crippen LogP contribution in [-0.4, -0.2) is 30.2 Å². The smallest absolute Gasteiger partial charge is 0.410 e. The summed E-state index contributed by atoms with van der Waals surface area (Å²) >= 11 is 6.21. The number of nitrogens with two attached hydrogens (primary N) is 1. The third-order valence-electron chi connectivity index (χ3n) is 6.23. The monoisotopic (exact) mass is 384 g/mol. The van der Waals surface area contributed by atoms with Gasteiger partial charge >= 0.3 is 6.09 Å². The highest BCUT2D eigenvalue weighted by molar-refractivity contribution is 6.30. The van der Waals surface area contributed by atoms with Crippen LogP contribution >= 0.6 is 11.6 Å². The van der Waals surface area contributed by atoms with Crippen LogP contribution in [0.1, 0.15) is 42.9 Å². The fourth-order valence-electron chi connectivity index (χ4n) is 4.63. The molecule has 0 radical (unpaired) electrons. The highest BCUT2D eigenvalue weighted by Crippen LogP contribution is 2.43. The molecular formula is C22H25ClN2O2. The largest absolute Gasteiger partial charge is 0.447 e. The summed E-state index contributed by atoms with van der Waals surface area (Å²) in [5, 5.41) is 0.745. The average molecular weight is 385 g/mol. The molecule has 5 heteroatoms. The molecule has 2 fully saturated rings. The first-order chi connectivity index (χ1) is 13.1. The number of cyclic esters (lactones) is 1. The van der Waals surface area contributed by atoms with Crippen LogP contribution in [-0.2, 0) is 10.2 Å². The normalized spacial score (nSPS) is 28.2. The van der Waals surface area contributed by atoms with Gasteiger partial charge in [-0.05, 0) is 48.9 Å². The van der Waals surface area contributed by atoms with E-state index in [2.05, 4.69) is 18.2 Å². The van der Waals surface area contributed by atoms with Crippen molar-refractivity contribution in [2.75, 3.05) is 13.2 Å². The summed E-state index contributed by atoms with van der Waals surface area (Å²) in [5.74, 6) is 0. The Morgan fingerprint density at radius 2 is 1.85 bits per heavy atom. The van der Waals surface area contributed by atoms with Gasteiger partial charge in [0, 0.05) is 23.0 Å². The van der Waals surface area contributed by atoms with E-state index in [0.717, 1.165) is 36.3 Å². The molecule has 27 heavy (non-hydrogen) atoms. The van der Waals surface area contributed by atoms with E-state index < -0.39 is 0 Å². The number of hydrogen-bond donors (Lipinski definition) is 1. The second kappa shape index (κ2) is 7.53. The van der Waals surface area contributed by atoms with Crippen LogP contribution in [0.5, 0.6) is 0 Å². The standard InChI is InChI=1S/C22H25ClN2O2/c23-18-8-4-7-17(13-18)22(15-24)11-9-19(10-12-22)25-20(14-27-21(25)26)16-5-2-1-3-6-16/h1-8,13,19-20H,9-12,14-15,24H2. The van der Waals surface area contributed by atoms with Crippen LogP contribution in [0, 0.1) is 0 Å². The Morgan fingerprint density at radius 3 is 2.52 bits per heavy atom. The number of amides is 1.